The first-order valence-electron chi connectivity index (χ1n) is 7.17. The summed E-state index contributed by atoms with van der Waals surface area (Å²) in [6, 6.07) is 0. The number of carbonyl (C=O) groups excluding carboxylic acids is 1. The van der Waals surface area contributed by atoms with Crippen LogP contribution >= 0.6 is 0 Å². The molecule has 0 unspecified atom stereocenters. The second-order valence-corrected chi connectivity index (χ2v) is 4.65. The van der Waals surface area contributed by atoms with Gasteiger partial charge in [0.1, 0.15) is 6.29 Å². The average Bonchev–Trinajstić information content (AvgIpc) is 2.31. The quantitative estimate of drug-likeness (QED) is 0.315. The van der Waals surface area contributed by atoms with Gasteiger partial charge in [0.05, 0.1) is 0 Å². The van der Waals surface area contributed by atoms with Gasteiger partial charge in [-0.3, -0.25) is 0 Å². The van der Waals surface area contributed by atoms with Crippen LogP contribution in [-0.2, 0) is 4.79 Å². The first-order valence-corrected chi connectivity index (χ1v) is 7.17. The van der Waals surface area contributed by atoms with Crippen molar-refractivity contribution in [3.8, 4) is 0 Å². The summed E-state index contributed by atoms with van der Waals surface area (Å²) < 4.78 is 0. The number of aldehydes is 1. The van der Waals surface area contributed by atoms with Crippen molar-refractivity contribution in [1.82, 2.24) is 0 Å². The van der Waals surface area contributed by atoms with Crippen molar-refractivity contribution < 1.29 is 4.79 Å². The predicted molar refractivity (Wildman–Crippen MR) is 71.4 cm³/mol. The van der Waals surface area contributed by atoms with Crippen molar-refractivity contribution >= 4 is 6.29 Å². The molecule has 0 saturated heterocycles. The molecule has 0 atom stereocenters. The highest BCUT2D eigenvalue weighted by atomic mass is 16.1. The minimum absolute atomic E-state index is 0.756. The molecule has 0 spiro atoms. The van der Waals surface area contributed by atoms with E-state index in [0.717, 1.165) is 19.1 Å². The Balaban J connectivity index is 2.85. The molecule has 1 nitrogen and oxygen atoms in total. The van der Waals surface area contributed by atoms with E-state index in [1.165, 1.54) is 64.2 Å². The topological polar surface area (TPSA) is 17.1 Å². The third-order valence-corrected chi connectivity index (χ3v) is 2.99. The molecule has 0 aliphatic carbocycles. The summed E-state index contributed by atoms with van der Waals surface area (Å²) in [6.45, 7) is 2.25. The highest BCUT2D eigenvalue weighted by Gasteiger charge is 1.93. The standard InChI is InChI=1S/C15H29O/c1-2-3-4-5-6-7-8-9-10-11-12-13-14-15-16/h5,15H,2-4,6-14H2,1H3. The van der Waals surface area contributed by atoms with Gasteiger partial charge in [-0.15, -0.1) is 0 Å². The van der Waals surface area contributed by atoms with Crippen LogP contribution in [0.25, 0.3) is 0 Å². The van der Waals surface area contributed by atoms with Gasteiger partial charge in [0.2, 0.25) is 0 Å². The Kier molecular flexibility index (Phi) is 14.4. The molecule has 0 bridgehead atoms. The number of hydrogen-bond acceptors (Lipinski definition) is 1. The summed E-state index contributed by atoms with van der Waals surface area (Å²) >= 11 is 0. The number of rotatable bonds is 13. The van der Waals surface area contributed by atoms with E-state index >= 15 is 0 Å². The molecule has 0 saturated carbocycles. The minimum Gasteiger partial charge on any atom is -0.303 e. The number of hydrogen-bond donors (Lipinski definition) is 0. The third-order valence-electron chi connectivity index (χ3n) is 2.99. The molecular formula is C15H29O. The molecular weight excluding hydrogens is 196 g/mol. The summed E-state index contributed by atoms with van der Waals surface area (Å²) in [5, 5.41) is 0. The van der Waals surface area contributed by atoms with E-state index in [-0.39, 0.29) is 0 Å². The van der Waals surface area contributed by atoms with Gasteiger partial charge in [-0.25, -0.2) is 0 Å². The Bertz CT molecular complexity index is 131. The molecule has 0 aromatic rings. The molecule has 1 heteroatoms. The Hall–Kier alpha value is -0.330. The molecule has 16 heavy (non-hydrogen) atoms. The van der Waals surface area contributed by atoms with Crippen LogP contribution in [0.5, 0.6) is 0 Å². The second-order valence-electron chi connectivity index (χ2n) is 4.65. The van der Waals surface area contributed by atoms with Gasteiger partial charge < -0.3 is 4.79 Å². The van der Waals surface area contributed by atoms with Gasteiger partial charge in [0, 0.05) is 6.42 Å². The van der Waals surface area contributed by atoms with E-state index < -0.39 is 0 Å². The van der Waals surface area contributed by atoms with Crippen LogP contribution in [0.4, 0.5) is 0 Å². The predicted octanol–water partition coefficient (Wildman–Crippen LogP) is 5.09. The molecule has 0 rings (SSSR count). The van der Waals surface area contributed by atoms with Gasteiger partial charge in [-0.1, -0.05) is 71.1 Å². The maximum Gasteiger partial charge on any atom is 0.119 e. The summed E-state index contributed by atoms with van der Waals surface area (Å²) in [6.07, 6.45) is 18.7. The second kappa shape index (κ2) is 14.7. The number of carbonyl (C=O) groups is 1. The smallest absolute Gasteiger partial charge is 0.119 e. The van der Waals surface area contributed by atoms with Gasteiger partial charge in [-0.2, -0.15) is 0 Å². The van der Waals surface area contributed by atoms with Gasteiger partial charge >= 0.3 is 0 Å². The van der Waals surface area contributed by atoms with E-state index in [1.807, 2.05) is 0 Å². The van der Waals surface area contributed by atoms with Crippen LogP contribution in [0.15, 0.2) is 0 Å². The molecule has 0 N–H and O–H groups in total. The summed E-state index contributed by atoms with van der Waals surface area (Å²) in [5.74, 6) is 0. The summed E-state index contributed by atoms with van der Waals surface area (Å²) in [7, 11) is 0. The van der Waals surface area contributed by atoms with Crippen LogP contribution < -0.4 is 0 Å². The highest BCUT2D eigenvalue weighted by molar-refractivity contribution is 5.48. The van der Waals surface area contributed by atoms with Crippen molar-refractivity contribution in [2.45, 2.75) is 84.0 Å². The Labute approximate surface area is 102 Å². The van der Waals surface area contributed by atoms with Crippen molar-refractivity contribution in [3.05, 3.63) is 6.42 Å². The average molecular weight is 225 g/mol. The van der Waals surface area contributed by atoms with Gasteiger partial charge in [0.15, 0.2) is 0 Å². The van der Waals surface area contributed by atoms with E-state index in [0.29, 0.717) is 0 Å². The SMILES string of the molecule is CCCC[CH]CCCCCCCCCC=O. The lowest BCUT2D eigenvalue weighted by atomic mass is 10.0. The molecule has 0 aromatic carbocycles. The fraction of sp³-hybridized carbons (Fsp3) is 0.867. The minimum atomic E-state index is 0.756. The summed E-state index contributed by atoms with van der Waals surface area (Å²) in [4.78, 5) is 10.1. The Morgan fingerprint density at radius 2 is 1.19 bits per heavy atom. The van der Waals surface area contributed by atoms with Crippen molar-refractivity contribution in [1.29, 1.82) is 0 Å². The molecule has 0 fully saturated rings. The van der Waals surface area contributed by atoms with E-state index in [4.69, 9.17) is 0 Å². The van der Waals surface area contributed by atoms with Crippen LogP contribution in [-0.4, -0.2) is 6.29 Å². The van der Waals surface area contributed by atoms with Crippen LogP contribution in [0, 0.1) is 6.42 Å². The van der Waals surface area contributed by atoms with Crippen LogP contribution in [0.2, 0.25) is 0 Å². The summed E-state index contributed by atoms with van der Waals surface area (Å²) in [5.41, 5.74) is 0. The molecule has 0 aromatic heterocycles. The lowest BCUT2D eigenvalue weighted by molar-refractivity contribution is -0.107. The third kappa shape index (κ3) is 13.7. The Morgan fingerprint density at radius 3 is 1.75 bits per heavy atom. The van der Waals surface area contributed by atoms with Crippen molar-refractivity contribution in [3.63, 3.8) is 0 Å². The van der Waals surface area contributed by atoms with Gasteiger partial charge in [-0.05, 0) is 12.8 Å². The fourth-order valence-corrected chi connectivity index (χ4v) is 1.89. The van der Waals surface area contributed by atoms with E-state index in [2.05, 4.69) is 13.3 Å². The van der Waals surface area contributed by atoms with Gasteiger partial charge in [0.25, 0.3) is 0 Å². The monoisotopic (exact) mass is 225 g/mol. The number of unbranched alkanes of at least 4 members (excludes halogenated alkanes) is 12. The fourth-order valence-electron chi connectivity index (χ4n) is 1.89. The first-order chi connectivity index (χ1) is 7.91. The molecule has 0 aliphatic rings. The lowest BCUT2D eigenvalue weighted by Crippen LogP contribution is -1.83. The van der Waals surface area contributed by atoms with Crippen molar-refractivity contribution in [2.24, 2.45) is 0 Å². The first kappa shape index (κ1) is 15.7. The molecule has 0 heterocycles. The zero-order chi connectivity index (χ0) is 11.9. The molecule has 1 radical (unpaired) electrons. The molecule has 0 amide bonds. The zero-order valence-electron chi connectivity index (χ0n) is 11.0. The Morgan fingerprint density at radius 1 is 0.688 bits per heavy atom. The zero-order valence-corrected chi connectivity index (χ0v) is 11.0. The lowest BCUT2D eigenvalue weighted by Gasteiger charge is -2.01. The highest BCUT2D eigenvalue weighted by Crippen LogP contribution is 2.11. The van der Waals surface area contributed by atoms with E-state index in [9.17, 15) is 4.79 Å². The van der Waals surface area contributed by atoms with Crippen molar-refractivity contribution in [2.75, 3.05) is 0 Å². The van der Waals surface area contributed by atoms with E-state index in [1.54, 1.807) is 0 Å². The maximum absolute atomic E-state index is 10.1. The largest absolute Gasteiger partial charge is 0.303 e. The van der Waals surface area contributed by atoms with Crippen LogP contribution in [0.3, 0.4) is 0 Å². The van der Waals surface area contributed by atoms with Crippen LogP contribution in [0.1, 0.15) is 84.0 Å². The maximum atomic E-state index is 10.1. The molecule has 0 aliphatic heterocycles. The normalized spacial score (nSPS) is 10.6. The molecule has 95 valence electrons.